The molecule has 2 saturated heterocycles. The third-order valence-electron chi connectivity index (χ3n) is 4.98. The van der Waals surface area contributed by atoms with Crippen LogP contribution in [0.25, 0.3) is 0 Å². The SMILES string of the molecule is O=C(NCC1(N2CCCCC2)CCOCC1)c1cc(Cl)ccn1. The number of pyridine rings is 1. The van der Waals surface area contributed by atoms with Crippen molar-refractivity contribution in [2.75, 3.05) is 32.8 Å². The molecule has 0 aromatic carbocycles. The van der Waals surface area contributed by atoms with Gasteiger partial charge in [0.25, 0.3) is 5.91 Å². The smallest absolute Gasteiger partial charge is 0.269 e. The Bertz CT molecular complexity index is 540. The number of nitrogens with zero attached hydrogens (tertiary/aromatic N) is 2. The van der Waals surface area contributed by atoms with Crippen LogP contribution in [0.4, 0.5) is 0 Å². The highest BCUT2D eigenvalue weighted by Crippen LogP contribution is 2.30. The van der Waals surface area contributed by atoms with Crippen molar-refractivity contribution in [3.05, 3.63) is 29.0 Å². The van der Waals surface area contributed by atoms with Crippen LogP contribution in [0.2, 0.25) is 5.02 Å². The largest absolute Gasteiger partial charge is 0.381 e. The lowest BCUT2D eigenvalue weighted by Gasteiger charge is -2.48. The average Bonchev–Trinajstić information content (AvgIpc) is 2.61. The van der Waals surface area contributed by atoms with Gasteiger partial charge in [0.2, 0.25) is 0 Å². The van der Waals surface area contributed by atoms with E-state index in [-0.39, 0.29) is 11.4 Å². The Kier molecular flexibility index (Phi) is 5.51. The van der Waals surface area contributed by atoms with Gasteiger partial charge in [-0.3, -0.25) is 14.7 Å². The lowest BCUT2D eigenvalue weighted by atomic mass is 9.86. The van der Waals surface area contributed by atoms with E-state index in [1.54, 1.807) is 18.3 Å². The van der Waals surface area contributed by atoms with Gasteiger partial charge in [-0.2, -0.15) is 0 Å². The van der Waals surface area contributed by atoms with Gasteiger partial charge >= 0.3 is 0 Å². The summed E-state index contributed by atoms with van der Waals surface area (Å²) in [6, 6.07) is 3.28. The summed E-state index contributed by atoms with van der Waals surface area (Å²) in [7, 11) is 0. The van der Waals surface area contributed by atoms with E-state index in [9.17, 15) is 4.79 Å². The molecule has 1 amide bonds. The molecule has 5 nitrogen and oxygen atoms in total. The Labute approximate surface area is 142 Å². The van der Waals surface area contributed by atoms with Gasteiger partial charge in [0, 0.05) is 36.5 Å². The Morgan fingerprint density at radius 3 is 2.74 bits per heavy atom. The predicted octanol–water partition coefficient (Wildman–Crippen LogP) is 2.50. The van der Waals surface area contributed by atoms with Crippen molar-refractivity contribution in [2.45, 2.75) is 37.6 Å². The molecule has 126 valence electrons. The summed E-state index contributed by atoms with van der Waals surface area (Å²) in [6.45, 7) is 4.41. The molecule has 0 aliphatic carbocycles. The summed E-state index contributed by atoms with van der Waals surface area (Å²) >= 11 is 5.94. The molecule has 2 aliphatic heterocycles. The van der Waals surface area contributed by atoms with E-state index in [4.69, 9.17) is 16.3 Å². The van der Waals surface area contributed by atoms with Crippen molar-refractivity contribution < 1.29 is 9.53 Å². The molecule has 1 aromatic rings. The number of amides is 1. The molecule has 0 bridgehead atoms. The molecule has 0 saturated carbocycles. The summed E-state index contributed by atoms with van der Waals surface area (Å²) in [5.74, 6) is -0.157. The zero-order valence-corrected chi connectivity index (χ0v) is 14.1. The fourth-order valence-electron chi connectivity index (χ4n) is 3.59. The minimum atomic E-state index is -0.157. The number of carbonyl (C=O) groups excluding carboxylic acids is 1. The predicted molar refractivity (Wildman–Crippen MR) is 89.8 cm³/mol. The zero-order chi connectivity index (χ0) is 16.1. The molecule has 2 aliphatic rings. The molecule has 3 rings (SSSR count). The van der Waals surface area contributed by atoms with Gasteiger partial charge < -0.3 is 10.1 Å². The van der Waals surface area contributed by atoms with E-state index >= 15 is 0 Å². The van der Waals surface area contributed by atoms with E-state index in [0.29, 0.717) is 17.3 Å². The number of hydrogen-bond acceptors (Lipinski definition) is 4. The summed E-state index contributed by atoms with van der Waals surface area (Å²) in [5, 5.41) is 3.61. The Morgan fingerprint density at radius 2 is 2.04 bits per heavy atom. The Hall–Kier alpha value is -1.17. The van der Waals surface area contributed by atoms with Crippen LogP contribution in [0, 0.1) is 0 Å². The van der Waals surface area contributed by atoms with E-state index in [1.165, 1.54) is 19.3 Å². The highest BCUT2D eigenvalue weighted by atomic mass is 35.5. The van der Waals surface area contributed by atoms with Crippen LogP contribution in [0.3, 0.4) is 0 Å². The van der Waals surface area contributed by atoms with Gasteiger partial charge in [0.15, 0.2) is 0 Å². The monoisotopic (exact) mass is 337 g/mol. The van der Waals surface area contributed by atoms with E-state index in [1.807, 2.05) is 0 Å². The first-order chi connectivity index (χ1) is 11.2. The molecular formula is C17H24ClN3O2. The number of hydrogen-bond donors (Lipinski definition) is 1. The first-order valence-corrected chi connectivity index (χ1v) is 8.80. The van der Waals surface area contributed by atoms with Crippen LogP contribution in [0.1, 0.15) is 42.6 Å². The molecule has 6 heteroatoms. The van der Waals surface area contributed by atoms with Crippen molar-refractivity contribution in [3.63, 3.8) is 0 Å². The Balaban J connectivity index is 1.67. The fraction of sp³-hybridized carbons (Fsp3) is 0.647. The van der Waals surface area contributed by atoms with Crippen LogP contribution in [0.5, 0.6) is 0 Å². The molecule has 1 N–H and O–H groups in total. The first-order valence-electron chi connectivity index (χ1n) is 8.42. The number of aromatic nitrogens is 1. The molecule has 23 heavy (non-hydrogen) atoms. The number of piperidine rings is 1. The number of halogens is 1. The van der Waals surface area contributed by atoms with Gasteiger partial charge in [-0.25, -0.2) is 0 Å². The summed E-state index contributed by atoms with van der Waals surface area (Å²) in [5.41, 5.74) is 0.394. The van der Waals surface area contributed by atoms with Crippen LogP contribution in [-0.2, 0) is 4.74 Å². The first kappa shape index (κ1) is 16.7. The van der Waals surface area contributed by atoms with Crippen LogP contribution in [0.15, 0.2) is 18.3 Å². The third-order valence-corrected chi connectivity index (χ3v) is 5.22. The van der Waals surface area contributed by atoms with Crippen molar-refractivity contribution in [2.24, 2.45) is 0 Å². The van der Waals surface area contributed by atoms with E-state index in [0.717, 1.165) is 39.1 Å². The number of carbonyl (C=O) groups is 1. The highest BCUT2D eigenvalue weighted by Gasteiger charge is 2.39. The minimum absolute atomic E-state index is 0.0207. The number of rotatable bonds is 4. The van der Waals surface area contributed by atoms with Gasteiger partial charge in [-0.1, -0.05) is 18.0 Å². The van der Waals surface area contributed by atoms with Gasteiger partial charge in [0.1, 0.15) is 5.69 Å². The molecule has 0 spiro atoms. The molecule has 1 aromatic heterocycles. The molecule has 3 heterocycles. The standard InChI is InChI=1S/C17H24ClN3O2/c18-14-4-7-19-15(12-14)16(22)20-13-17(5-10-23-11-6-17)21-8-2-1-3-9-21/h4,7,12H,1-3,5-6,8-11,13H2,(H,20,22). The Morgan fingerprint density at radius 1 is 1.30 bits per heavy atom. The van der Waals surface area contributed by atoms with Crippen molar-refractivity contribution in [3.8, 4) is 0 Å². The maximum Gasteiger partial charge on any atom is 0.269 e. The summed E-state index contributed by atoms with van der Waals surface area (Å²) < 4.78 is 5.55. The third kappa shape index (κ3) is 4.03. The lowest BCUT2D eigenvalue weighted by Crippen LogP contribution is -2.59. The number of ether oxygens (including phenoxy) is 1. The van der Waals surface area contributed by atoms with Crippen molar-refractivity contribution >= 4 is 17.5 Å². The topological polar surface area (TPSA) is 54.5 Å². The maximum atomic E-state index is 12.4. The zero-order valence-electron chi connectivity index (χ0n) is 13.4. The second-order valence-corrected chi connectivity index (χ2v) is 6.86. The fourth-order valence-corrected chi connectivity index (χ4v) is 3.75. The van der Waals surface area contributed by atoms with Crippen molar-refractivity contribution in [1.29, 1.82) is 0 Å². The quantitative estimate of drug-likeness (QED) is 0.917. The van der Waals surface area contributed by atoms with Crippen LogP contribution >= 0.6 is 11.6 Å². The highest BCUT2D eigenvalue weighted by molar-refractivity contribution is 6.30. The van der Waals surface area contributed by atoms with E-state index < -0.39 is 0 Å². The normalized spacial score (nSPS) is 21.8. The second-order valence-electron chi connectivity index (χ2n) is 6.43. The van der Waals surface area contributed by atoms with Crippen molar-refractivity contribution in [1.82, 2.24) is 15.2 Å². The maximum absolute atomic E-state index is 12.4. The molecule has 0 unspecified atom stereocenters. The van der Waals surface area contributed by atoms with Gasteiger partial charge in [-0.05, 0) is 50.9 Å². The molecular weight excluding hydrogens is 314 g/mol. The van der Waals surface area contributed by atoms with E-state index in [2.05, 4.69) is 15.2 Å². The molecule has 0 atom stereocenters. The molecule has 0 radical (unpaired) electrons. The lowest BCUT2D eigenvalue weighted by molar-refractivity contribution is -0.0349. The van der Waals surface area contributed by atoms with Gasteiger partial charge in [0.05, 0.1) is 0 Å². The van der Waals surface area contributed by atoms with Crippen LogP contribution < -0.4 is 5.32 Å². The summed E-state index contributed by atoms with van der Waals surface area (Å²) in [4.78, 5) is 19.0. The molecule has 2 fully saturated rings. The minimum Gasteiger partial charge on any atom is -0.381 e. The second kappa shape index (κ2) is 7.60. The number of nitrogens with one attached hydrogen (secondary N) is 1. The number of likely N-dealkylation sites (tertiary alicyclic amines) is 1. The summed E-state index contributed by atoms with van der Waals surface area (Å²) in [6.07, 6.45) is 7.29. The average molecular weight is 338 g/mol. The van der Waals surface area contributed by atoms with Crippen LogP contribution in [-0.4, -0.2) is 54.2 Å². The van der Waals surface area contributed by atoms with Gasteiger partial charge in [-0.15, -0.1) is 0 Å².